The molecule has 98 valence electrons. The lowest BCUT2D eigenvalue weighted by atomic mass is 9.93. The Balaban J connectivity index is 1.73. The Bertz CT molecular complexity index is 592. The molecular formula is C17H18FN. The molecule has 1 aliphatic rings. The number of fused-ring (bicyclic) bond motifs is 1. The fourth-order valence-corrected chi connectivity index (χ4v) is 2.77. The molecule has 1 heterocycles. The van der Waals surface area contributed by atoms with Gasteiger partial charge in [0.05, 0.1) is 0 Å². The molecule has 1 nitrogen and oxygen atoms in total. The summed E-state index contributed by atoms with van der Waals surface area (Å²) in [7, 11) is 0. The average molecular weight is 255 g/mol. The van der Waals surface area contributed by atoms with Gasteiger partial charge in [0.25, 0.3) is 0 Å². The molecule has 2 aromatic carbocycles. The lowest BCUT2D eigenvalue weighted by Crippen LogP contribution is -2.27. The quantitative estimate of drug-likeness (QED) is 0.851. The molecule has 0 saturated heterocycles. The van der Waals surface area contributed by atoms with Crippen molar-refractivity contribution in [3.05, 3.63) is 65.0 Å². The van der Waals surface area contributed by atoms with Gasteiger partial charge in [0.2, 0.25) is 0 Å². The highest BCUT2D eigenvalue weighted by Gasteiger charge is 2.17. The molecule has 0 aromatic heterocycles. The third kappa shape index (κ3) is 2.62. The van der Waals surface area contributed by atoms with Crippen molar-refractivity contribution in [1.29, 1.82) is 0 Å². The predicted octanol–water partition coefficient (Wildman–Crippen LogP) is 4.10. The molecule has 0 radical (unpaired) electrons. The number of rotatable bonds is 2. The molecule has 2 aromatic rings. The molecule has 0 aliphatic carbocycles. The maximum absolute atomic E-state index is 13.3. The van der Waals surface area contributed by atoms with E-state index in [4.69, 9.17) is 0 Å². The zero-order valence-electron chi connectivity index (χ0n) is 11.1. The van der Waals surface area contributed by atoms with E-state index in [2.05, 4.69) is 29.6 Å². The van der Waals surface area contributed by atoms with Gasteiger partial charge < -0.3 is 5.32 Å². The van der Waals surface area contributed by atoms with E-state index in [0.29, 0.717) is 6.04 Å². The van der Waals surface area contributed by atoms with Crippen molar-refractivity contribution in [3.8, 4) is 0 Å². The summed E-state index contributed by atoms with van der Waals surface area (Å²) in [5.41, 5.74) is 4.58. The van der Waals surface area contributed by atoms with Gasteiger partial charge in [0.15, 0.2) is 0 Å². The van der Waals surface area contributed by atoms with E-state index in [1.54, 1.807) is 6.07 Å². The molecule has 19 heavy (non-hydrogen) atoms. The second kappa shape index (κ2) is 5.04. The SMILES string of the molecule is Cc1cc(CC2CCc3ccccc3N2)ccc1F. The van der Waals surface area contributed by atoms with Crippen LogP contribution >= 0.6 is 0 Å². The highest BCUT2D eigenvalue weighted by molar-refractivity contribution is 5.54. The molecule has 0 saturated carbocycles. The number of para-hydroxylation sites is 1. The summed E-state index contributed by atoms with van der Waals surface area (Å²) in [6.45, 7) is 1.82. The van der Waals surface area contributed by atoms with Gasteiger partial charge in [-0.05, 0) is 55.0 Å². The van der Waals surface area contributed by atoms with E-state index in [1.807, 2.05) is 19.1 Å². The van der Waals surface area contributed by atoms with E-state index in [-0.39, 0.29) is 5.82 Å². The molecule has 1 N–H and O–H groups in total. The molecule has 1 aliphatic heterocycles. The number of hydrogen-bond donors (Lipinski definition) is 1. The van der Waals surface area contributed by atoms with Crippen molar-refractivity contribution in [2.75, 3.05) is 5.32 Å². The Labute approximate surface area is 113 Å². The number of hydrogen-bond acceptors (Lipinski definition) is 1. The number of nitrogens with one attached hydrogen (secondary N) is 1. The van der Waals surface area contributed by atoms with Gasteiger partial charge in [-0.3, -0.25) is 0 Å². The molecule has 1 unspecified atom stereocenters. The molecule has 3 rings (SSSR count). The number of aryl methyl sites for hydroxylation is 2. The first-order valence-electron chi connectivity index (χ1n) is 6.82. The topological polar surface area (TPSA) is 12.0 Å². The largest absolute Gasteiger partial charge is 0.382 e. The van der Waals surface area contributed by atoms with Crippen LogP contribution in [0, 0.1) is 12.7 Å². The third-order valence-corrected chi connectivity index (χ3v) is 3.84. The van der Waals surface area contributed by atoms with Crippen molar-refractivity contribution in [1.82, 2.24) is 0 Å². The highest BCUT2D eigenvalue weighted by atomic mass is 19.1. The summed E-state index contributed by atoms with van der Waals surface area (Å²) in [5.74, 6) is -0.120. The molecule has 2 heteroatoms. The molecule has 0 bridgehead atoms. The minimum atomic E-state index is -0.120. The lowest BCUT2D eigenvalue weighted by molar-refractivity contribution is 0.610. The highest BCUT2D eigenvalue weighted by Crippen LogP contribution is 2.26. The van der Waals surface area contributed by atoms with Crippen LogP contribution in [0.5, 0.6) is 0 Å². The van der Waals surface area contributed by atoms with Crippen LogP contribution in [0.4, 0.5) is 10.1 Å². The van der Waals surface area contributed by atoms with Crippen molar-refractivity contribution < 1.29 is 4.39 Å². The van der Waals surface area contributed by atoms with Crippen LogP contribution in [0.3, 0.4) is 0 Å². The standard InChI is InChI=1S/C17H18FN/c1-12-10-13(6-9-16(12)18)11-15-8-7-14-4-2-3-5-17(14)19-15/h2-6,9-10,15,19H,7-8,11H2,1H3. The summed E-state index contributed by atoms with van der Waals surface area (Å²) in [6.07, 6.45) is 3.21. The molecule has 0 amide bonds. The summed E-state index contributed by atoms with van der Waals surface area (Å²) in [5, 5.41) is 3.59. The smallest absolute Gasteiger partial charge is 0.126 e. The van der Waals surface area contributed by atoms with Crippen molar-refractivity contribution in [3.63, 3.8) is 0 Å². The Morgan fingerprint density at radius 2 is 2.05 bits per heavy atom. The van der Waals surface area contributed by atoms with E-state index < -0.39 is 0 Å². The van der Waals surface area contributed by atoms with E-state index in [0.717, 1.165) is 24.8 Å². The van der Waals surface area contributed by atoms with Gasteiger partial charge in [-0.25, -0.2) is 4.39 Å². The van der Waals surface area contributed by atoms with Crippen molar-refractivity contribution in [2.24, 2.45) is 0 Å². The summed E-state index contributed by atoms with van der Waals surface area (Å²) in [4.78, 5) is 0. The number of anilines is 1. The zero-order chi connectivity index (χ0) is 13.2. The minimum Gasteiger partial charge on any atom is -0.382 e. The van der Waals surface area contributed by atoms with Crippen LogP contribution in [0.1, 0.15) is 23.1 Å². The van der Waals surface area contributed by atoms with Gasteiger partial charge >= 0.3 is 0 Å². The first-order chi connectivity index (χ1) is 9.22. The normalized spacial score (nSPS) is 17.7. The molecular weight excluding hydrogens is 237 g/mol. The Morgan fingerprint density at radius 1 is 1.21 bits per heavy atom. The van der Waals surface area contributed by atoms with Gasteiger partial charge in [-0.1, -0.05) is 30.3 Å². The van der Waals surface area contributed by atoms with Crippen molar-refractivity contribution >= 4 is 5.69 Å². The third-order valence-electron chi connectivity index (χ3n) is 3.84. The average Bonchev–Trinajstić information content (AvgIpc) is 2.43. The first kappa shape index (κ1) is 12.2. The zero-order valence-corrected chi connectivity index (χ0v) is 11.1. The van der Waals surface area contributed by atoms with Crippen LogP contribution < -0.4 is 5.32 Å². The molecule has 0 fully saturated rings. The maximum Gasteiger partial charge on any atom is 0.126 e. The monoisotopic (exact) mass is 255 g/mol. The van der Waals surface area contributed by atoms with Crippen LogP contribution in [0.15, 0.2) is 42.5 Å². The first-order valence-corrected chi connectivity index (χ1v) is 6.82. The fraction of sp³-hybridized carbons (Fsp3) is 0.294. The van der Waals surface area contributed by atoms with Crippen molar-refractivity contribution in [2.45, 2.75) is 32.2 Å². The Hall–Kier alpha value is -1.83. The second-order valence-electron chi connectivity index (χ2n) is 5.32. The van der Waals surface area contributed by atoms with Crippen LogP contribution in [0.25, 0.3) is 0 Å². The van der Waals surface area contributed by atoms with E-state index in [9.17, 15) is 4.39 Å². The van der Waals surface area contributed by atoms with E-state index in [1.165, 1.54) is 16.8 Å². The Morgan fingerprint density at radius 3 is 2.89 bits per heavy atom. The van der Waals surface area contributed by atoms with Crippen LogP contribution in [-0.2, 0) is 12.8 Å². The minimum absolute atomic E-state index is 0.120. The fourth-order valence-electron chi connectivity index (χ4n) is 2.77. The maximum atomic E-state index is 13.3. The van der Waals surface area contributed by atoms with E-state index >= 15 is 0 Å². The number of benzene rings is 2. The predicted molar refractivity (Wildman–Crippen MR) is 77.0 cm³/mol. The lowest BCUT2D eigenvalue weighted by Gasteiger charge is -2.27. The summed E-state index contributed by atoms with van der Waals surface area (Å²) < 4.78 is 13.3. The Kier molecular flexibility index (Phi) is 3.24. The van der Waals surface area contributed by atoms with Crippen LogP contribution in [-0.4, -0.2) is 6.04 Å². The second-order valence-corrected chi connectivity index (χ2v) is 5.32. The van der Waals surface area contributed by atoms with Gasteiger partial charge in [-0.2, -0.15) is 0 Å². The summed E-state index contributed by atoms with van der Waals surface area (Å²) in [6, 6.07) is 14.3. The van der Waals surface area contributed by atoms with Crippen LogP contribution in [0.2, 0.25) is 0 Å². The molecule has 1 atom stereocenters. The van der Waals surface area contributed by atoms with Gasteiger partial charge in [0, 0.05) is 11.7 Å². The molecule has 0 spiro atoms. The summed E-state index contributed by atoms with van der Waals surface area (Å²) >= 11 is 0. The van der Waals surface area contributed by atoms with Gasteiger partial charge in [0.1, 0.15) is 5.82 Å². The van der Waals surface area contributed by atoms with Gasteiger partial charge in [-0.15, -0.1) is 0 Å². The number of halogens is 1.